The number of piperidine rings is 1. The van der Waals surface area contributed by atoms with Crippen molar-refractivity contribution in [2.75, 3.05) is 33.4 Å². The highest BCUT2D eigenvalue weighted by molar-refractivity contribution is 5.31. The summed E-state index contributed by atoms with van der Waals surface area (Å²) in [7, 11) is 1.65. The third-order valence-corrected chi connectivity index (χ3v) is 3.22. The van der Waals surface area contributed by atoms with E-state index >= 15 is 0 Å². The largest absolute Gasteiger partial charge is 0.497 e. The van der Waals surface area contributed by atoms with Crippen LogP contribution in [0.15, 0.2) is 24.3 Å². The number of ether oxygens (including phenoxy) is 2. The first-order valence-electron chi connectivity index (χ1n) is 6.45. The Morgan fingerprint density at radius 2 is 2.00 bits per heavy atom. The van der Waals surface area contributed by atoms with Crippen LogP contribution in [0.3, 0.4) is 0 Å². The van der Waals surface area contributed by atoms with Crippen molar-refractivity contribution in [3.8, 4) is 11.5 Å². The minimum atomic E-state index is -0.167. The molecule has 1 saturated heterocycles. The number of methoxy groups -OCH3 is 1. The summed E-state index contributed by atoms with van der Waals surface area (Å²) in [6.07, 6.45) is 1.83. The zero-order valence-corrected chi connectivity index (χ0v) is 10.8. The van der Waals surface area contributed by atoms with Gasteiger partial charge in [-0.3, -0.25) is 4.90 Å². The third-order valence-electron chi connectivity index (χ3n) is 3.22. The van der Waals surface area contributed by atoms with Crippen molar-refractivity contribution in [1.82, 2.24) is 4.90 Å². The van der Waals surface area contributed by atoms with E-state index in [0.29, 0.717) is 6.61 Å². The molecule has 1 aliphatic heterocycles. The summed E-state index contributed by atoms with van der Waals surface area (Å²) in [5, 5.41) is 9.56. The number of nitrogens with zero attached hydrogens (tertiary/aromatic N) is 1. The van der Waals surface area contributed by atoms with Gasteiger partial charge in [0.15, 0.2) is 0 Å². The maximum atomic E-state index is 9.56. The predicted molar refractivity (Wildman–Crippen MR) is 70.2 cm³/mol. The van der Waals surface area contributed by atoms with Gasteiger partial charge in [0, 0.05) is 13.1 Å². The molecule has 1 atom stereocenters. The highest BCUT2D eigenvalue weighted by Gasteiger charge is 2.16. The van der Waals surface area contributed by atoms with Gasteiger partial charge in [0.2, 0.25) is 0 Å². The van der Waals surface area contributed by atoms with Gasteiger partial charge in [0.1, 0.15) is 18.1 Å². The Bertz CT molecular complexity index is 353. The summed E-state index contributed by atoms with van der Waals surface area (Å²) in [6.45, 7) is 3.34. The van der Waals surface area contributed by atoms with Crippen molar-refractivity contribution in [3.05, 3.63) is 24.3 Å². The quantitative estimate of drug-likeness (QED) is 0.861. The molecule has 0 bridgehead atoms. The molecule has 4 nitrogen and oxygen atoms in total. The Labute approximate surface area is 108 Å². The zero-order chi connectivity index (χ0) is 12.8. The molecular weight excluding hydrogens is 230 g/mol. The molecule has 1 N–H and O–H groups in total. The first kappa shape index (κ1) is 13.2. The van der Waals surface area contributed by atoms with Crippen LogP contribution in [-0.4, -0.2) is 49.5 Å². The van der Waals surface area contributed by atoms with Crippen LogP contribution in [0, 0.1) is 0 Å². The zero-order valence-electron chi connectivity index (χ0n) is 10.8. The van der Waals surface area contributed by atoms with E-state index in [1.165, 1.54) is 0 Å². The molecule has 1 heterocycles. The van der Waals surface area contributed by atoms with Gasteiger partial charge >= 0.3 is 0 Å². The van der Waals surface area contributed by atoms with Crippen LogP contribution in [0.4, 0.5) is 0 Å². The summed E-state index contributed by atoms with van der Waals surface area (Å²) in [5.41, 5.74) is 0. The van der Waals surface area contributed by atoms with E-state index in [9.17, 15) is 5.11 Å². The van der Waals surface area contributed by atoms with Gasteiger partial charge < -0.3 is 14.6 Å². The second-order valence-corrected chi connectivity index (χ2v) is 4.62. The molecule has 0 saturated carbocycles. The molecule has 1 aromatic carbocycles. The molecule has 100 valence electrons. The van der Waals surface area contributed by atoms with E-state index in [4.69, 9.17) is 9.47 Å². The van der Waals surface area contributed by atoms with Crippen LogP contribution in [0.2, 0.25) is 0 Å². The van der Waals surface area contributed by atoms with Crippen LogP contribution in [0.5, 0.6) is 11.5 Å². The number of rotatable bonds is 5. The molecular formula is C14H21NO3. The van der Waals surface area contributed by atoms with Crippen molar-refractivity contribution < 1.29 is 14.6 Å². The van der Waals surface area contributed by atoms with Gasteiger partial charge in [-0.05, 0) is 43.7 Å². The van der Waals surface area contributed by atoms with Crippen LogP contribution < -0.4 is 9.47 Å². The highest BCUT2D eigenvalue weighted by Crippen LogP contribution is 2.17. The summed E-state index contributed by atoms with van der Waals surface area (Å²) >= 11 is 0. The first-order valence-corrected chi connectivity index (χ1v) is 6.45. The van der Waals surface area contributed by atoms with E-state index < -0.39 is 0 Å². The fourth-order valence-electron chi connectivity index (χ4n) is 2.20. The maximum absolute atomic E-state index is 9.56. The lowest BCUT2D eigenvalue weighted by molar-refractivity contribution is 0.0633. The molecule has 0 radical (unpaired) electrons. The van der Waals surface area contributed by atoms with Crippen molar-refractivity contribution in [2.45, 2.75) is 18.9 Å². The van der Waals surface area contributed by atoms with E-state index in [1.54, 1.807) is 7.11 Å². The van der Waals surface area contributed by atoms with E-state index in [0.717, 1.165) is 44.0 Å². The van der Waals surface area contributed by atoms with Gasteiger partial charge in [-0.15, -0.1) is 0 Å². The molecule has 1 fully saturated rings. The normalized spacial score (nSPS) is 20.7. The van der Waals surface area contributed by atoms with E-state index in [-0.39, 0.29) is 6.10 Å². The van der Waals surface area contributed by atoms with Crippen molar-refractivity contribution in [3.63, 3.8) is 0 Å². The highest BCUT2D eigenvalue weighted by atomic mass is 16.5. The second-order valence-electron chi connectivity index (χ2n) is 4.62. The average molecular weight is 251 g/mol. The molecule has 18 heavy (non-hydrogen) atoms. The van der Waals surface area contributed by atoms with Crippen LogP contribution in [0.1, 0.15) is 12.8 Å². The smallest absolute Gasteiger partial charge is 0.119 e. The molecule has 2 rings (SSSR count). The number of aliphatic hydroxyl groups excluding tert-OH is 1. The number of β-amino-alcohol motifs (C(OH)–C–C–N with tert-alkyl or cyclic N) is 1. The topological polar surface area (TPSA) is 41.9 Å². The van der Waals surface area contributed by atoms with E-state index in [1.807, 2.05) is 24.3 Å². The molecule has 0 aromatic heterocycles. The Morgan fingerprint density at radius 3 is 2.67 bits per heavy atom. The number of benzene rings is 1. The fraction of sp³-hybridized carbons (Fsp3) is 0.571. The molecule has 1 aromatic rings. The molecule has 1 aliphatic rings. The molecule has 0 aliphatic carbocycles. The number of hydrogen-bond acceptors (Lipinski definition) is 4. The minimum absolute atomic E-state index is 0.167. The summed E-state index contributed by atoms with van der Waals surface area (Å²) in [4.78, 5) is 2.25. The van der Waals surface area contributed by atoms with Crippen molar-refractivity contribution in [2.24, 2.45) is 0 Å². The first-order chi connectivity index (χ1) is 8.78. The molecule has 4 heteroatoms. The lowest BCUT2D eigenvalue weighted by Crippen LogP contribution is -2.40. The molecule has 1 unspecified atom stereocenters. The van der Waals surface area contributed by atoms with Crippen LogP contribution in [-0.2, 0) is 0 Å². The lowest BCUT2D eigenvalue weighted by Gasteiger charge is -2.29. The number of aliphatic hydroxyl groups is 1. The SMILES string of the molecule is COc1ccc(OCCN2CCCC(O)C2)cc1. The average Bonchev–Trinajstić information content (AvgIpc) is 2.40. The predicted octanol–water partition coefficient (Wildman–Crippen LogP) is 1.53. The lowest BCUT2D eigenvalue weighted by atomic mass is 10.1. The Morgan fingerprint density at radius 1 is 1.28 bits per heavy atom. The third kappa shape index (κ3) is 3.89. The van der Waals surface area contributed by atoms with Gasteiger partial charge in [-0.1, -0.05) is 0 Å². The monoisotopic (exact) mass is 251 g/mol. The Kier molecular flexibility index (Phi) is 4.84. The maximum Gasteiger partial charge on any atom is 0.119 e. The van der Waals surface area contributed by atoms with E-state index in [2.05, 4.69) is 4.90 Å². The van der Waals surface area contributed by atoms with Gasteiger partial charge in [0.25, 0.3) is 0 Å². The van der Waals surface area contributed by atoms with Crippen molar-refractivity contribution >= 4 is 0 Å². The fourth-order valence-corrected chi connectivity index (χ4v) is 2.20. The van der Waals surface area contributed by atoms with Gasteiger partial charge in [-0.25, -0.2) is 0 Å². The Balaban J connectivity index is 1.70. The molecule has 0 amide bonds. The Hall–Kier alpha value is -1.26. The van der Waals surface area contributed by atoms with Gasteiger partial charge in [0.05, 0.1) is 13.2 Å². The summed E-state index contributed by atoms with van der Waals surface area (Å²) < 4.78 is 10.8. The summed E-state index contributed by atoms with van der Waals surface area (Å²) in [5.74, 6) is 1.69. The van der Waals surface area contributed by atoms with Gasteiger partial charge in [-0.2, -0.15) is 0 Å². The number of hydrogen-bond donors (Lipinski definition) is 1. The molecule has 0 spiro atoms. The standard InChI is InChI=1S/C14H21NO3/c1-17-13-4-6-14(7-5-13)18-10-9-15-8-2-3-12(16)11-15/h4-7,12,16H,2-3,8-11H2,1H3. The summed E-state index contributed by atoms with van der Waals surface area (Å²) in [6, 6.07) is 7.59. The minimum Gasteiger partial charge on any atom is -0.497 e. The second kappa shape index (κ2) is 6.61. The number of likely N-dealkylation sites (tertiary alicyclic amines) is 1. The van der Waals surface area contributed by atoms with Crippen LogP contribution in [0.25, 0.3) is 0 Å². The van der Waals surface area contributed by atoms with Crippen LogP contribution >= 0.6 is 0 Å². The van der Waals surface area contributed by atoms with Crippen molar-refractivity contribution in [1.29, 1.82) is 0 Å².